The molecule has 0 fully saturated rings. The predicted octanol–water partition coefficient (Wildman–Crippen LogP) is 3.23. The number of aryl methyl sites for hydroxylation is 3. The van der Waals surface area contributed by atoms with Crippen LogP contribution in [0.15, 0.2) is 24.4 Å². The molecule has 2 rings (SSSR count). The van der Waals surface area contributed by atoms with Crippen LogP contribution in [0.2, 0.25) is 0 Å². The van der Waals surface area contributed by atoms with E-state index in [0.29, 0.717) is 0 Å². The molecule has 0 spiro atoms. The van der Waals surface area contributed by atoms with Crippen molar-refractivity contribution in [1.82, 2.24) is 9.55 Å². The predicted molar refractivity (Wildman–Crippen MR) is 71.9 cm³/mol. The minimum Gasteiger partial charge on any atom is -0.356 e. The van der Waals surface area contributed by atoms with Crippen LogP contribution in [0.4, 0.5) is 5.95 Å². The molecule has 1 aromatic carbocycles. The second-order valence-corrected chi connectivity index (χ2v) is 4.40. The maximum atomic E-state index is 4.50. The van der Waals surface area contributed by atoms with E-state index in [1.54, 1.807) is 0 Å². The van der Waals surface area contributed by atoms with E-state index in [-0.39, 0.29) is 0 Å². The SMILES string of the molecule is CCNc1nc(C)cn1-c1cc(C)ccc1C. The molecule has 90 valence electrons. The maximum Gasteiger partial charge on any atom is 0.207 e. The lowest BCUT2D eigenvalue weighted by Gasteiger charge is -2.11. The first-order valence-corrected chi connectivity index (χ1v) is 5.99. The molecule has 3 heteroatoms. The van der Waals surface area contributed by atoms with E-state index in [9.17, 15) is 0 Å². The summed E-state index contributed by atoms with van der Waals surface area (Å²) in [4.78, 5) is 4.50. The van der Waals surface area contributed by atoms with Gasteiger partial charge in [-0.1, -0.05) is 12.1 Å². The minimum absolute atomic E-state index is 0.876. The van der Waals surface area contributed by atoms with Crippen molar-refractivity contribution in [2.45, 2.75) is 27.7 Å². The summed E-state index contributed by atoms with van der Waals surface area (Å²) >= 11 is 0. The smallest absolute Gasteiger partial charge is 0.207 e. The number of hydrogen-bond acceptors (Lipinski definition) is 2. The summed E-state index contributed by atoms with van der Waals surface area (Å²) in [6.45, 7) is 9.21. The van der Waals surface area contributed by atoms with Crippen LogP contribution in [0.3, 0.4) is 0 Å². The van der Waals surface area contributed by atoms with E-state index in [0.717, 1.165) is 18.2 Å². The second kappa shape index (κ2) is 4.62. The zero-order chi connectivity index (χ0) is 12.4. The Kier molecular flexibility index (Phi) is 3.18. The molecule has 17 heavy (non-hydrogen) atoms. The van der Waals surface area contributed by atoms with Crippen molar-refractivity contribution in [2.24, 2.45) is 0 Å². The third kappa shape index (κ3) is 2.33. The van der Waals surface area contributed by atoms with E-state index in [2.05, 4.69) is 60.0 Å². The standard InChI is InChI=1S/C14H19N3/c1-5-15-14-16-12(4)9-17(14)13-8-10(2)6-7-11(13)3/h6-9H,5H2,1-4H3,(H,15,16). The van der Waals surface area contributed by atoms with Crippen LogP contribution in [0.1, 0.15) is 23.7 Å². The van der Waals surface area contributed by atoms with Gasteiger partial charge < -0.3 is 5.32 Å². The van der Waals surface area contributed by atoms with Gasteiger partial charge in [-0.2, -0.15) is 0 Å². The first-order chi connectivity index (χ1) is 8.11. The topological polar surface area (TPSA) is 29.9 Å². The van der Waals surface area contributed by atoms with Gasteiger partial charge in [0.15, 0.2) is 0 Å². The van der Waals surface area contributed by atoms with Crippen LogP contribution in [0, 0.1) is 20.8 Å². The quantitative estimate of drug-likeness (QED) is 0.875. The Morgan fingerprint density at radius 1 is 1.24 bits per heavy atom. The van der Waals surface area contributed by atoms with Gasteiger partial charge in [0, 0.05) is 12.7 Å². The molecular formula is C14H19N3. The Balaban J connectivity index is 2.55. The molecule has 0 bridgehead atoms. The number of rotatable bonds is 3. The molecule has 1 heterocycles. The van der Waals surface area contributed by atoms with Gasteiger partial charge in [0.25, 0.3) is 0 Å². The molecule has 1 aromatic heterocycles. The number of imidazole rings is 1. The summed E-state index contributed by atoms with van der Waals surface area (Å²) in [5.41, 5.74) is 4.75. The van der Waals surface area contributed by atoms with Crippen molar-refractivity contribution in [1.29, 1.82) is 0 Å². The van der Waals surface area contributed by atoms with Gasteiger partial charge in [0.05, 0.1) is 11.4 Å². The summed E-state index contributed by atoms with van der Waals surface area (Å²) in [5, 5.41) is 3.29. The van der Waals surface area contributed by atoms with Gasteiger partial charge in [0.1, 0.15) is 0 Å². The van der Waals surface area contributed by atoms with Crippen molar-refractivity contribution in [2.75, 3.05) is 11.9 Å². The van der Waals surface area contributed by atoms with Crippen LogP contribution in [0.5, 0.6) is 0 Å². The molecular weight excluding hydrogens is 210 g/mol. The summed E-state index contributed by atoms with van der Waals surface area (Å²) < 4.78 is 2.13. The van der Waals surface area contributed by atoms with Crippen LogP contribution in [-0.4, -0.2) is 16.1 Å². The Hall–Kier alpha value is -1.77. The number of nitrogens with zero attached hydrogens (tertiary/aromatic N) is 2. The molecule has 0 aliphatic heterocycles. The molecule has 0 aliphatic rings. The van der Waals surface area contributed by atoms with Crippen LogP contribution >= 0.6 is 0 Å². The number of aromatic nitrogens is 2. The van der Waals surface area contributed by atoms with Gasteiger partial charge in [-0.3, -0.25) is 4.57 Å². The fourth-order valence-corrected chi connectivity index (χ4v) is 1.94. The summed E-state index contributed by atoms with van der Waals surface area (Å²) in [6.07, 6.45) is 2.07. The molecule has 0 saturated heterocycles. The first-order valence-electron chi connectivity index (χ1n) is 5.99. The number of nitrogens with one attached hydrogen (secondary N) is 1. The highest BCUT2D eigenvalue weighted by molar-refractivity contribution is 5.49. The molecule has 0 aliphatic carbocycles. The van der Waals surface area contributed by atoms with Gasteiger partial charge in [-0.15, -0.1) is 0 Å². The lowest BCUT2D eigenvalue weighted by molar-refractivity contribution is 1.01. The fraction of sp³-hybridized carbons (Fsp3) is 0.357. The third-order valence-electron chi connectivity index (χ3n) is 2.79. The van der Waals surface area contributed by atoms with E-state index in [1.807, 2.05) is 6.92 Å². The van der Waals surface area contributed by atoms with Gasteiger partial charge >= 0.3 is 0 Å². The number of benzene rings is 1. The van der Waals surface area contributed by atoms with Gasteiger partial charge in [-0.05, 0) is 44.9 Å². The molecule has 0 atom stereocenters. The van der Waals surface area contributed by atoms with E-state index in [1.165, 1.54) is 16.8 Å². The fourth-order valence-electron chi connectivity index (χ4n) is 1.94. The maximum absolute atomic E-state index is 4.50. The van der Waals surface area contributed by atoms with Crippen molar-refractivity contribution in [3.8, 4) is 5.69 Å². The van der Waals surface area contributed by atoms with Crippen molar-refractivity contribution >= 4 is 5.95 Å². The largest absolute Gasteiger partial charge is 0.356 e. The zero-order valence-electron chi connectivity index (χ0n) is 10.9. The monoisotopic (exact) mass is 229 g/mol. The van der Waals surface area contributed by atoms with Crippen molar-refractivity contribution in [3.05, 3.63) is 41.2 Å². The average molecular weight is 229 g/mol. The van der Waals surface area contributed by atoms with Gasteiger partial charge in [0.2, 0.25) is 5.95 Å². The van der Waals surface area contributed by atoms with Crippen molar-refractivity contribution < 1.29 is 0 Å². The summed E-state index contributed by atoms with van der Waals surface area (Å²) in [6, 6.07) is 6.47. The number of anilines is 1. The van der Waals surface area contributed by atoms with E-state index in [4.69, 9.17) is 0 Å². The molecule has 2 aromatic rings. The van der Waals surface area contributed by atoms with Crippen LogP contribution in [-0.2, 0) is 0 Å². The average Bonchev–Trinajstić information content (AvgIpc) is 2.64. The van der Waals surface area contributed by atoms with Crippen molar-refractivity contribution in [3.63, 3.8) is 0 Å². The second-order valence-electron chi connectivity index (χ2n) is 4.40. The first kappa shape index (κ1) is 11.7. The third-order valence-corrected chi connectivity index (χ3v) is 2.79. The molecule has 1 N–H and O–H groups in total. The molecule has 3 nitrogen and oxygen atoms in total. The lowest BCUT2D eigenvalue weighted by atomic mass is 10.1. The Labute approximate surface area is 103 Å². The van der Waals surface area contributed by atoms with Crippen LogP contribution in [0.25, 0.3) is 5.69 Å². The minimum atomic E-state index is 0.876. The normalized spacial score (nSPS) is 10.6. The molecule has 0 radical (unpaired) electrons. The number of hydrogen-bond donors (Lipinski definition) is 1. The van der Waals surface area contributed by atoms with E-state index < -0.39 is 0 Å². The zero-order valence-corrected chi connectivity index (χ0v) is 10.9. The molecule has 0 unspecified atom stereocenters. The Morgan fingerprint density at radius 3 is 2.71 bits per heavy atom. The van der Waals surface area contributed by atoms with E-state index >= 15 is 0 Å². The molecule has 0 amide bonds. The Bertz CT molecular complexity index is 526. The van der Waals surface area contributed by atoms with Crippen LogP contribution < -0.4 is 5.32 Å². The lowest BCUT2D eigenvalue weighted by Crippen LogP contribution is -2.06. The highest BCUT2D eigenvalue weighted by Gasteiger charge is 2.08. The highest BCUT2D eigenvalue weighted by atomic mass is 15.2. The van der Waals surface area contributed by atoms with Gasteiger partial charge in [-0.25, -0.2) is 4.98 Å². The summed E-state index contributed by atoms with van der Waals surface area (Å²) in [7, 11) is 0. The molecule has 0 saturated carbocycles. The summed E-state index contributed by atoms with van der Waals surface area (Å²) in [5.74, 6) is 0.915. The Morgan fingerprint density at radius 2 is 2.00 bits per heavy atom. The highest BCUT2D eigenvalue weighted by Crippen LogP contribution is 2.21.